The second-order valence-electron chi connectivity index (χ2n) is 5.47. The molecule has 0 bridgehead atoms. The van der Waals surface area contributed by atoms with E-state index in [-0.39, 0.29) is 11.7 Å². The standard InChI is InChI=1S/C15H21FN2O/c1-11-5-7-18(8-6-11)10-15(19)17-13-4-3-12(2)14(16)9-13/h3-4,9,11H,5-8,10H2,1-2H3,(H,17,19). The number of rotatable bonds is 3. The monoisotopic (exact) mass is 264 g/mol. The van der Waals surface area contributed by atoms with Gasteiger partial charge in [0.25, 0.3) is 0 Å². The summed E-state index contributed by atoms with van der Waals surface area (Å²) in [6, 6.07) is 4.77. The van der Waals surface area contributed by atoms with Crippen molar-refractivity contribution in [3.63, 3.8) is 0 Å². The molecule has 1 amide bonds. The fourth-order valence-electron chi connectivity index (χ4n) is 2.29. The minimum absolute atomic E-state index is 0.0715. The zero-order chi connectivity index (χ0) is 13.8. The molecule has 1 aliphatic heterocycles. The number of piperidine rings is 1. The molecule has 2 rings (SSSR count). The Kier molecular flexibility index (Phi) is 4.53. The molecular weight excluding hydrogens is 243 g/mol. The Hall–Kier alpha value is -1.42. The highest BCUT2D eigenvalue weighted by Crippen LogP contribution is 2.16. The van der Waals surface area contributed by atoms with Crippen molar-refractivity contribution in [2.24, 2.45) is 5.92 Å². The average molecular weight is 264 g/mol. The summed E-state index contributed by atoms with van der Waals surface area (Å²) < 4.78 is 13.4. The molecule has 1 heterocycles. The Labute approximate surface area is 113 Å². The lowest BCUT2D eigenvalue weighted by atomic mass is 9.99. The molecule has 19 heavy (non-hydrogen) atoms. The Morgan fingerprint density at radius 3 is 2.74 bits per heavy atom. The molecule has 0 radical (unpaired) electrons. The SMILES string of the molecule is Cc1ccc(NC(=O)CN2CCC(C)CC2)cc1F. The number of amides is 1. The molecule has 1 aromatic rings. The highest BCUT2D eigenvalue weighted by molar-refractivity contribution is 5.92. The number of halogens is 1. The van der Waals surface area contributed by atoms with Gasteiger partial charge >= 0.3 is 0 Å². The van der Waals surface area contributed by atoms with Gasteiger partial charge in [0.15, 0.2) is 0 Å². The van der Waals surface area contributed by atoms with Gasteiger partial charge in [-0.15, -0.1) is 0 Å². The third-order valence-corrected chi connectivity index (χ3v) is 3.70. The van der Waals surface area contributed by atoms with Crippen molar-refractivity contribution in [1.29, 1.82) is 0 Å². The summed E-state index contributed by atoms with van der Waals surface area (Å²) in [5.41, 5.74) is 1.11. The van der Waals surface area contributed by atoms with Crippen molar-refractivity contribution in [2.75, 3.05) is 25.0 Å². The lowest BCUT2D eigenvalue weighted by Crippen LogP contribution is -2.38. The number of hydrogen-bond donors (Lipinski definition) is 1. The van der Waals surface area contributed by atoms with E-state index in [0.717, 1.165) is 31.8 Å². The van der Waals surface area contributed by atoms with Gasteiger partial charge in [-0.05, 0) is 56.5 Å². The molecular formula is C15H21FN2O. The van der Waals surface area contributed by atoms with Crippen LogP contribution in [0.25, 0.3) is 0 Å². The Morgan fingerprint density at radius 2 is 2.11 bits per heavy atom. The lowest BCUT2D eigenvalue weighted by Gasteiger charge is -2.29. The number of carbonyl (C=O) groups excluding carboxylic acids is 1. The van der Waals surface area contributed by atoms with Gasteiger partial charge in [-0.1, -0.05) is 13.0 Å². The predicted octanol–water partition coefficient (Wildman–Crippen LogP) is 2.80. The lowest BCUT2D eigenvalue weighted by molar-refractivity contribution is -0.117. The Morgan fingerprint density at radius 1 is 1.42 bits per heavy atom. The van der Waals surface area contributed by atoms with Gasteiger partial charge in [0.1, 0.15) is 5.82 Å². The van der Waals surface area contributed by atoms with Gasteiger partial charge in [0, 0.05) is 5.69 Å². The zero-order valence-electron chi connectivity index (χ0n) is 11.6. The van der Waals surface area contributed by atoms with Crippen LogP contribution in [0.2, 0.25) is 0 Å². The van der Waals surface area contributed by atoms with Gasteiger partial charge < -0.3 is 5.32 Å². The maximum Gasteiger partial charge on any atom is 0.238 e. The average Bonchev–Trinajstić information content (AvgIpc) is 2.37. The van der Waals surface area contributed by atoms with Gasteiger partial charge in [0.2, 0.25) is 5.91 Å². The second kappa shape index (κ2) is 6.15. The molecule has 1 aliphatic rings. The molecule has 0 spiro atoms. The quantitative estimate of drug-likeness (QED) is 0.910. The summed E-state index contributed by atoms with van der Waals surface area (Å²) in [4.78, 5) is 14.0. The van der Waals surface area contributed by atoms with Gasteiger partial charge in [-0.2, -0.15) is 0 Å². The molecule has 1 aromatic carbocycles. The first-order valence-electron chi connectivity index (χ1n) is 6.83. The number of nitrogens with zero attached hydrogens (tertiary/aromatic N) is 1. The maximum atomic E-state index is 13.4. The molecule has 0 saturated carbocycles. The first-order valence-corrected chi connectivity index (χ1v) is 6.83. The van der Waals surface area contributed by atoms with Crippen molar-refractivity contribution in [3.8, 4) is 0 Å². The van der Waals surface area contributed by atoms with E-state index in [1.54, 1.807) is 19.1 Å². The smallest absolute Gasteiger partial charge is 0.238 e. The van der Waals surface area contributed by atoms with Crippen LogP contribution in [0.15, 0.2) is 18.2 Å². The summed E-state index contributed by atoms with van der Waals surface area (Å²) in [5, 5.41) is 2.75. The number of aryl methyl sites for hydroxylation is 1. The number of benzene rings is 1. The summed E-state index contributed by atoms with van der Waals surface area (Å²) in [6.45, 7) is 6.28. The summed E-state index contributed by atoms with van der Waals surface area (Å²) in [6.07, 6.45) is 2.29. The van der Waals surface area contributed by atoms with Crippen molar-refractivity contribution >= 4 is 11.6 Å². The van der Waals surface area contributed by atoms with Crippen LogP contribution in [0.4, 0.5) is 10.1 Å². The van der Waals surface area contributed by atoms with Gasteiger partial charge in [-0.25, -0.2) is 4.39 Å². The van der Waals surface area contributed by atoms with E-state index in [9.17, 15) is 9.18 Å². The fourth-order valence-corrected chi connectivity index (χ4v) is 2.29. The number of nitrogens with one attached hydrogen (secondary N) is 1. The second-order valence-corrected chi connectivity index (χ2v) is 5.47. The van der Waals surface area contributed by atoms with Crippen LogP contribution in [0.3, 0.4) is 0 Å². The van der Waals surface area contributed by atoms with Crippen LogP contribution in [-0.4, -0.2) is 30.4 Å². The Bertz CT molecular complexity index is 453. The normalized spacial score (nSPS) is 17.4. The summed E-state index contributed by atoms with van der Waals surface area (Å²) in [7, 11) is 0. The molecule has 1 saturated heterocycles. The van der Waals surface area contributed by atoms with Gasteiger partial charge in [-0.3, -0.25) is 9.69 Å². The minimum Gasteiger partial charge on any atom is -0.325 e. The van der Waals surface area contributed by atoms with Crippen LogP contribution < -0.4 is 5.32 Å². The van der Waals surface area contributed by atoms with E-state index in [1.807, 2.05) is 0 Å². The van der Waals surface area contributed by atoms with E-state index >= 15 is 0 Å². The van der Waals surface area contributed by atoms with Crippen LogP contribution in [0.5, 0.6) is 0 Å². The highest BCUT2D eigenvalue weighted by atomic mass is 19.1. The van der Waals surface area contributed by atoms with Crippen LogP contribution >= 0.6 is 0 Å². The first-order chi connectivity index (χ1) is 9.04. The van der Waals surface area contributed by atoms with Crippen molar-refractivity contribution in [2.45, 2.75) is 26.7 Å². The van der Waals surface area contributed by atoms with Crippen molar-refractivity contribution in [1.82, 2.24) is 4.90 Å². The van der Waals surface area contributed by atoms with Crippen LogP contribution in [0.1, 0.15) is 25.3 Å². The van der Waals surface area contributed by atoms with E-state index < -0.39 is 0 Å². The molecule has 1 fully saturated rings. The van der Waals surface area contributed by atoms with Crippen molar-refractivity contribution in [3.05, 3.63) is 29.6 Å². The number of hydrogen-bond acceptors (Lipinski definition) is 2. The molecule has 1 N–H and O–H groups in total. The summed E-state index contributed by atoms with van der Waals surface area (Å²) >= 11 is 0. The third-order valence-electron chi connectivity index (χ3n) is 3.70. The van der Waals surface area contributed by atoms with E-state index in [2.05, 4.69) is 17.1 Å². The zero-order valence-corrected chi connectivity index (χ0v) is 11.6. The predicted molar refractivity (Wildman–Crippen MR) is 74.6 cm³/mol. The molecule has 104 valence electrons. The first kappa shape index (κ1) is 14.0. The fraction of sp³-hybridized carbons (Fsp3) is 0.533. The summed E-state index contributed by atoms with van der Waals surface area (Å²) in [5.74, 6) is 0.396. The van der Waals surface area contributed by atoms with Crippen LogP contribution in [-0.2, 0) is 4.79 Å². The number of anilines is 1. The molecule has 3 nitrogen and oxygen atoms in total. The van der Waals surface area contributed by atoms with E-state index in [4.69, 9.17) is 0 Å². The number of carbonyl (C=O) groups is 1. The maximum absolute atomic E-state index is 13.4. The Balaban J connectivity index is 1.85. The van der Waals surface area contributed by atoms with Crippen LogP contribution in [0, 0.1) is 18.7 Å². The van der Waals surface area contributed by atoms with E-state index in [1.165, 1.54) is 6.07 Å². The number of likely N-dealkylation sites (tertiary alicyclic amines) is 1. The van der Waals surface area contributed by atoms with Gasteiger partial charge in [0.05, 0.1) is 6.54 Å². The molecule has 0 aliphatic carbocycles. The topological polar surface area (TPSA) is 32.3 Å². The highest BCUT2D eigenvalue weighted by Gasteiger charge is 2.17. The largest absolute Gasteiger partial charge is 0.325 e. The molecule has 0 aromatic heterocycles. The molecule has 0 unspecified atom stereocenters. The molecule has 4 heteroatoms. The van der Waals surface area contributed by atoms with Crippen molar-refractivity contribution < 1.29 is 9.18 Å². The molecule has 0 atom stereocenters. The minimum atomic E-state index is -0.287. The third kappa shape index (κ3) is 4.03. The van der Waals surface area contributed by atoms with E-state index in [0.29, 0.717) is 17.8 Å².